The second-order valence-corrected chi connectivity index (χ2v) is 3.94. The molecule has 0 spiro atoms. The lowest BCUT2D eigenvalue weighted by molar-refractivity contribution is 0.423. The number of fused-ring (bicyclic) bond motifs is 1. The summed E-state index contributed by atoms with van der Waals surface area (Å²) in [6, 6.07) is 6.68. The largest absolute Gasteiger partial charge is 0.413 e. The minimum Gasteiger partial charge on any atom is -0.413 e. The fourth-order valence-corrected chi connectivity index (χ4v) is 1.36. The topological polar surface area (TPSA) is 89.6 Å². The molecule has 1 atom stereocenters. The summed E-state index contributed by atoms with van der Waals surface area (Å²) < 4.78 is 29.6. The van der Waals surface area contributed by atoms with Crippen LogP contribution in [0.2, 0.25) is 0 Å². The van der Waals surface area contributed by atoms with E-state index in [4.69, 9.17) is 18.5 Å². The lowest BCUT2D eigenvalue weighted by atomic mass is 10.3. The van der Waals surface area contributed by atoms with Crippen LogP contribution in [0, 0.1) is 4.90 Å². The van der Waals surface area contributed by atoms with Gasteiger partial charge in [-0.3, -0.25) is 4.55 Å². The van der Waals surface area contributed by atoms with E-state index < -0.39 is 14.9 Å². The van der Waals surface area contributed by atoms with Crippen molar-refractivity contribution in [3.8, 4) is 0 Å². The van der Waals surface area contributed by atoms with Crippen molar-refractivity contribution in [2.24, 2.45) is 5.14 Å². The van der Waals surface area contributed by atoms with E-state index in [1.54, 1.807) is 24.3 Å². The Hall–Kier alpha value is -1.24. The van der Waals surface area contributed by atoms with Gasteiger partial charge in [-0.1, -0.05) is 12.1 Å². The van der Waals surface area contributed by atoms with Crippen molar-refractivity contribution in [1.82, 2.24) is 0 Å². The van der Waals surface area contributed by atoms with Crippen molar-refractivity contribution in [2.45, 2.75) is 0 Å². The van der Waals surface area contributed by atoms with Gasteiger partial charge in [0.2, 0.25) is 9.99 Å². The molecule has 1 heterocycles. The molecule has 0 amide bonds. The number of nitrogens with two attached hydrogens (primary N) is 1. The van der Waals surface area contributed by atoms with Crippen molar-refractivity contribution in [3.05, 3.63) is 29.2 Å². The summed E-state index contributed by atoms with van der Waals surface area (Å²) in [4.78, 5) is -0.464. The molecule has 0 radical (unpaired) electrons. The third-order valence-electron chi connectivity index (χ3n) is 1.47. The van der Waals surface area contributed by atoms with E-state index in [1.807, 2.05) is 0 Å². The Morgan fingerprint density at radius 1 is 1.23 bits per heavy atom. The Kier molecular flexibility index (Phi) is 1.69. The van der Waals surface area contributed by atoms with Gasteiger partial charge in [0.15, 0.2) is 11.2 Å². The smallest absolute Gasteiger partial charge is 0.388 e. The van der Waals surface area contributed by atoms with Crippen molar-refractivity contribution in [3.63, 3.8) is 0 Å². The summed E-state index contributed by atoms with van der Waals surface area (Å²) >= 11 is 0. The molecule has 0 saturated carbocycles. The van der Waals surface area contributed by atoms with Gasteiger partial charge in [-0.15, -0.1) is 0 Å². The number of hydrogen-bond donors (Lipinski definition) is 2. The average Bonchev–Trinajstić information content (AvgIpc) is 2.45. The number of hydrogen-bond acceptors (Lipinski definition) is 3. The van der Waals surface area contributed by atoms with E-state index in [-0.39, 0.29) is 0 Å². The Morgan fingerprint density at radius 2 is 1.69 bits per heavy atom. The molecule has 6 heteroatoms. The van der Waals surface area contributed by atoms with Crippen molar-refractivity contribution in [2.75, 3.05) is 0 Å². The Morgan fingerprint density at radius 3 is 2.08 bits per heavy atom. The van der Waals surface area contributed by atoms with E-state index in [0.717, 1.165) is 0 Å². The highest BCUT2D eigenvalue weighted by Gasteiger charge is 2.05. The first-order chi connectivity index (χ1) is 6.07. The van der Waals surface area contributed by atoms with Crippen molar-refractivity contribution >= 4 is 21.2 Å². The monoisotopic (exact) mass is 201 g/mol. The highest BCUT2D eigenvalue weighted by molar-refractivity contribution is 7.87. The standard InChI is InChI=1S/C7H7NO4S/c8-13(9,10)7-11-5-3-1-2-4-6(5)12-7/h1-4H,(H3,8,9,10). The Balaban J connectivity index is 3.01. The van der Waals surface area contributed by atoms with Gasteiger partial charge in [-0.25, -0.2) is 9.35 Å². The predicted molar refractivity (Wildman–Crippen MR) is 46.7 cm³/mol. The molecule has 1 unspecified atom stereocenters. The molecule has 0 saturated heterocycles. The Labute approximate surface area is 73.7 Å². The molecular weight excluding hydrogens is 194 g/mol. The normalized spacial score (nSPS) is 15.8. The minimum atomic E-state index is -3.65. The highest BCUT2D eigenvalue weighted by atomic mass is 32.2. The van der Waals surface area contributed by atoms with Crippen LogP contribution in [0.25, 0.3) is 11.2 Å². The van der Waals surface area contributed by atoms with Crippen LogP contribution in [-0.2, 0) is 9.99 Å². The van der Waals surface area contributed by atoms with Gasteiger partial charge in [-0.05, 0) is 12.1 Å². The highest BCUT2D eigenvalue weighted by Crippen LogP contribution is 2.15. The maximum atomic E-state index is 10.9. The van der Waals surface area contributed by atoms with Gasteiger partial charge in [0.1, 0.15) is 0 Å². The maximum absolute atomic E-state index is 10.9. The third kappa shape index (κ3) is 1.46. The number of benzene rings is 1. The number of para-hydroxylation sites is 2. The van der Waals surface area contributed by atoms with Gasteiger partial charge in [0, 0.05) is 0 Å². The molecule has 5 nitrogen and oxygen atoms in total. The fraction of sp³-hybridized carbons (Fsp3) is 0. The molecule has 13 heavy (non-hydrogen) atoms. The van der Waals surface area contributed by atoms with Crippen LogP contribution in [0.5, 0.6) is 0 Å². The molecule has 70 valence electrons. The lowest BCUT2D eigenvalue weighted by Gasteiger charge is -1.83. The molecule has 0 bridgehead atoms. The SMILES string of the molecule is NS(=O)(O)=c1oc2ccccc2o1. The molecule has 0 fully saturated rings. The summed E-state index contributed by atoms with van der Waals surface area (Å²) in [5.41, 5.74) is 0.787. The van der Waals surface area contributed by atoms with Crippen LogP contribution in [0.15, 0.2) is 33.1 Å². The van der Waals surface area contributed by atoms with E-state index in [0.29, 0.717) is 11.2 Å². The average molecular weight is 201 g/mol. The maximum Gasteiger partial charge on any atom is 0.388 e. The van der Waals surface area contributed by atoms with Crippen LogP contribution in [-0.4, -0.2) is 8.76 Å². The van der Waals surface area contributed by atoms with Crippen LogP contribution in [0.4, 0.5) is 0 Å². The molecule has 1 aromatic heterocycles. The van der Waals surface area contributed by atoms with Crippen LogP contribution < -0.4 is 5.14 Å². The quantitative estimate of drug-likeness (QED) is 0.626. The predicted octanol–water partition coefficient (Wildman–Crippen LogP) is 1.19. The summed E-state index contributed by atoms with van der Waals surface area (Å²) in [5.74, 6) is 0. The van der Waals surface area contributed by atoms with Crippen LogP contribution in [0.1, 0.15) is 0 Å². The first-order valence-electron chi connectivity index (χ1n) is 3.43. The molecule has 3 N–H and O–H groups in total. The first-order valence-corrected chi connectivity index (χ1v) is 5.01. The van der Waals surface area contributed by atoms with Crippen molar-refractivity contribution in [1.29, 1.82) is 0 Å². The van der Waals surface area contributed by atoms with E-state index >= 15 is 0 Å². The Bertz CT molecular complexity index is 544. The molecule has 0 aliphatic carbocycles. The van der Waals surface area contributed by atoms with Gasteiger partial charge in [0.25, 0.3) is 0 Å². The molecule has 2 rings (SSSR count). The van der Waals surface area contributed by atoms with Gasteiger partial charge >= 0.3 is 4.90 Å². The van der Waals surface area contributed by atoms with Gasteiger partial charge < -0.3 is 8.83 Å². The van der Waals surface area contributed by atoms with E-state index in [9.17, 15) is 4.21 Å². The zero-order valence-electron chi connectivity index (χ0n) is 6.47. The zero-order valence-corrected chi connectivity index (χ0v) is 7.28. The van der Waals surface area contributed by atoms with Gasteiger partial charge in [-0.2, -0.15) is 0 Å². The molecule has 1 aromatic carbocycles. The summed E-state index contributed by atoms with van der Waals surface area (Å²) in [6.07, 6.45) is 0. The first kappa shape index (κ1) is 8.36. The summed E-state index contributed by atoms with van der Waals surface area (Å²) in [6.45, 7) is 0. The summed E-state index contributed by atoms with van der Waals surface area (Å²) in [5, 5.41) is 4.92. The number of rotatable bonds is 0. The second kappa shape index (κ2) is 2.63. The van der Waals surface area contributed by atoms with Crippen LogP contribution >= 0.6 is 0 Å². The van der Waals surface area contributed by atoms with Gasteiger partial charge in [0.05, 0.1) is 0 Å². The molecule has 0 aliphatic heterocycles. The van der Waals surface area contributed by atoms with E-state index in [1.165, 1.54) is 0 Å². The van der Waals surface area contributed by atoms with E-state index in [2.05, 4.69) is 0 Å². The fourth-order valence-electron chi connectivity index (χ4n) is 0.939. The third-order valence-corrected chi connectivity index (χ3v) is 2.12. The zero-order chi connectivity index (χ0) is 9.47. The lowest BCUT2D eigenvalue weighted by Crippen LogP contribution is -2.10. The summed E-state index contributed by atoms with van der Waals surface area (Å²) in [7, 11) is -3.65. The molecule has 2 aromatic rings. The molecular formula is C7H7NO4S. The second-order valence-electron chi connectivity index (χ2n) is 2.47. The molecule has 0 aliphatic rings. The minimum absolute atomic E-state index is 0.393. The van der Waals surface area contributed by atoms with Crippen molar-refractivity contribution < 1.29 is 17.6 Å². The van der Waals surface area contributed by atoms with Crippen LogP contribution in [0.3, 0.4) is 0 Å².